The maximum atomic E-state index is 4.43. The maximum Gasteiger partial charge on any atom is 0.0809 e. The lowest BCUT2D eigenvalue weighted by molar-refractivity contribution is 0.204. The van der Waals surface area contributed by atoms with Crippen molar-refractivity contribution in [1.29, 1.82) is 0 Å². The van der Waals surface area contributed by atoms with Crippen LogP contribution in [0, 0.1) is 0 Å². The largest absolute Gasteiger partial charge is 0.290 e. The first kappa shape index (κ1) is 8.75. The number of rotatable bonds is 2. The fourth-order valence-corrected chi connectivity index (χ4v) is 1.89. The lowest BCUT2D eigenvalue weighted by atomic mass is 10.2. The molecule has 0 bridgehead atoms. The molecule has 1 aliphatic rings. The third kappa shape index (κ3) is 1.48. The van der Waals surface area contributed by atoms with Crippen LogP contribution in [0.15, 0.2) is 6.20 Å². The van der Waals surface area contributed by atoms with Gasteiger partial charge in [-0.1, -0.05) is 6.92 Å². The van der Waals surface area contributed by atoms with Gasteiger partial charge in [0.2, 0.25) is 0 Å². The molecule has 1 aromatic rings. The molecule has 0 saturated carbocycles. The van der Waals surface area contributed by atoms with Gasteiger partial charge < -0.3 is 0 Å². The van der Waals surface area contributed by atoms with E-state index in [9.17, 15) is 0 Å². The van der Waals surface area contributed by atoms with Crippen LogP contribution in [0.3, 0.4) is 0 Å². The fourth-order valence-electron chi connectivity index (χ4n) is 1.89. The molecule has 0 fully saturated rings. The Bertz CT molecular complexity index is 280. The van der Waals surface area contributed by atoms with Crippen molar-refractivity contribution in [3.63, 3.8) is 0 Å². The van der Waals surface area contributed by atoms with E-state index in [4.69, 9.17) is 0 Å². The van der Waals surface area contributed by atoms with E-state index in [-0.39, 0.29) is 0 Å². The Morgan fingerprint density at radius 1 is 1.54 bits per heavy atom. The minimum absolute atomic E-state index is 0.680. The summed E-state index contributed by atoms with van der Waals surface area (Å²) in [7, 11) is 1.99. The van der Waals surface area contributed by atoms with Gasteiger partial charge in [-0.3, -0.25) is 9.58 Å². The van der Waals surface area contributed by atoms with Crippen LogP contribution in [0.2, 0.25) is 0 Å². The van der Waals surface area contributed by atoms with Gasteiger partial charge in [0.05, 0.1) is 5.69 Å². The minimum Gasteiger partial charge on any atom is -0.290 e. The van der Waals surface area contributed by atoms with Gasteiger partial charge in [-0.15, -0.1) is 0 Å². The van der Waals surface area contributed by atoms with E-state index in [1.807, 2.05) is 11.7 Å². The van der Waals surface area contributed by atoms with Crippen LogP contribution in [0.1, 0.15) is 31.5 Å². The van der Waals surface area contributed by atoms with Crippen LogP contribution in [-0.4, -0.2) is 20.7 Å². The number of aryl methyl sites for hydroxylation is 1. The number of fused-ring (bicyclic) bond motifs is 1. The zero-order valence-corrected chi connectivity index (χ0v) is 8.62. The van der Waals surface area contributed by atoms with Crippen LogP contribution < -0.4 is 0 Å². The van der Waals surface area contributed by atoms with Crippen molar-refractivity contribution >= 4 is 0 Å². The highest BCUT2D eigenvalue weighted by Gasteiger charge is 2.24. The van der Waals surface area contributed by atoms with Crippen molar-refractivity contribution in [1.82, 2.24) is 14.7 Å². The second-order valence-corrected chi connectivity index (χ2v) is 3.94. The molecular weight excluding hydrogens is 162 g/mol. The Labute approximate surface area is 79.3 Å². The van der Waals surface area contributed by atoms with Crippen molar-refractivity contribution in [3.8, 4) is 0 Å². The molecular formula is C10H17N3. The zero-order chi connectivity index (χ0) is 9.42. The smallest absolute Gasteiger partial charge is 0.0809 e. The SMILES string of the molecule is CCC(C)N1Cc2cn(C)nc2C1. The van der Waals surface area contributed by atoms with Crippen molar-refractivity contribution < 1.29 is 0 Å². The molecule has 1 aromatic heterocycles. The predicted molar refractivity (Wildman–Crippen MR) is 52.2 cm³/mol. The molecule has 3 heteroatoms. The molecule has 72 valence electrons. The average molecular weight is 179 g/mol. The van der Waals surface area contributed by atoms with Crippen LogP contribution in [0.25, 0.3) is 0 Å². The molecule has 1 unspecified atom stereocenters. The standard InChI is InChI=1S/C10H17N3/c1-4-8(2)13-6-9-5-12(3)11-10(9)7-13/h5,8H,4,6-7H2,1-3H3. The van der Waals surface area contributed by atoms with Gasteiger partial charge >= 0.3 is 0 Å². The van der Waals surface area contributed by atoms with E-state index in [0.717, 1.165) is 13.1 Å². The van der Waals surface area contributed by atoms with Crippen molar-refractivity contribution in [2.75, 3.05) is 0 Å². The van der Waals surface area contributed by atoms with Crippen molar-refractivity contribution in [2.24, 2.45) is 7.05 Å². The second-order valence-electron chi connectivity index (χ2n) is 3.94. The highest BCUT2D eigenvalue weighted by molar-refractivity contribution is 5.21. The van der Waals surface area contributed by atoms with Crippen LogP contribution in [0.5, 0.6) is 0 Å². The summed E-state index contributed by atoms with van der Waals surface area (Å²) in [4.78, 5) is 2.48. The van der Waals surface area contributed by atoms with E-state index >= 15 is 0 Å². The van der Waals surface area contributed by atoms with Gasteiger partial charge in [0.1, 0.15) is 0 Å². The third-order valence-corrected chi connectivity index (χ3v) is 2.93. The lowest BCUT2D eigenvalue weighted by Gasteiger charge is -2.22. The van der Waals surface area contributed by atoms with Crippen molar-refractivity contribution in [3.05, 3.63) is 17.5 Å². The molecule has 0 saturated heterocycles. The first-order chi connectivity index (χ1) is 6.20. The predicted octanol–water partition coefficient (Wildman–Crippen LogP) is 1.53. The Morgan fingerprint density at radius 3 is 2.92 bits per heavy atom. The topological polar surface area (TPSA) is 21.1 Å². The fraction of sp³-hybridized carbons (Fsp3) is 0.700. The van der Waals surface area contributed by atoms with Gasteiger partial charge in [0.15, 0.2) is 0 Å². The molecule has 0 spiro atoms. The highest BCUT2D eigenvalue weighted by Crippen LogP contribution is 2.23. The maximum absolute atomic E-state index is 4.43. The van der Waals surface area contributed by atoms with E-state index in [0.29, 0.717) is 6.04 Å². The zero-order valence-electron chi connectivity index (χ0n) is 8.62. The van der Waals surface area contributed by atoms with Crippen LogP contribution in [-0.2, 0) is 20.1 Å². The Balaban J connectivity index is 2.10. The van der Waals surface area contributed by atoms with Gasteiger partial charge in [-0.25, -0.2) is 0 Å². The summed E-state index contributed by atoms with van der Waals surface area (Å²) < 4.78 is 1.92. The number of aromatic nitrogens is 2. The van der Waals surface area contributed by atoms with Gasteiger partial charge in [0, 0.05) is 37.9 Å². The normalized spacial score (nSPS) is 19.0. The summed E-state index contributed by atoms with van der Waals surface area (Å²) in [5.41, 5.74) is 2.67. The number of hydrogen-bond acceptors (Lipinski definition) is 2. The third-order valence-electron chi connectivity index (χ3n) is 2.93. The molecule has 0 aromatic carbocycles. The van der Waals surface area contributed by atoms with Gasteiger partial charge in [-0.05, 0) is 13.3 Å². The molecule has 0 aliphatic carbocycles. The summed E-state index contributed by atoms with van der Waals surface area (Å²) in [6.07, 6.45) is 3.36. The molecule has 0 amide bonds. The van der Waals surface area contributed by atoms with E-state index in [1.54, 1.807) is 0 Å². The molecule has 1 atom stereocenters. The summed E-state index contributed by atoms with van der Waals surface area (Å²) in [6.45, 7) is 6.64. The number of hydrogen-bond donors (Lipinski definition) is 0. The average Bonchev–Trinajstić information content (AvgIpc) is 2.59. The Kier molecular flexibility index (Phi) is 2.12. The minimum atomic E-state index is 0.680. The molecule has 13 heavy (non-hydrogen) atoms. The molecule has 2 rings (SSSR count). The van der Waals surface area contributed by atoms with Crippen LogP contribution in [0.4, 0.5) is 0 Å². The first-order valence-corrected chi connectivity index (χ1v) is 4.96. The van der Waals surface area contributed by atoms with E-state index < -0.39 is 0 Å². The van der Waals surface area contributed by atoms with E-state index in [1.165, 1.54) is 17.7 Å². The highest BCUT2D eigenvalue weighted by atomic mass is 15.3. The molecule has 3 nitrogen and oxygen atoms in total. The summed E-state index contributed by atoms with van der Waals surface area (Å²) in [5.74, 6) is 0. The Hall–Kier alpha value is -0.830. The molecule has 0 radical (unpaired) electrons. The van der Waals surface area contributed by atoms with Crippen molar-refractivity contribution in [2.45, 2.75) is 39.4 Å². The van der Waals surface area contributed by atoms with Crippen LogP contribution >= 0.6 is 0 Å². The second kappa shape index (κ2) is 3.14. The summed E-state index contributed by atoms with van der Waals surface area (Å²) in [5, 5.41) is 4.43. The quantitative estimate of drug-likeness (QED) is 0.686. The monoisotopic (exact) mass is 179 g/mol. The molecule has 0 N–H and O–H groups in total. The summed E-state index contributed by atoms with van der Waals surface area (Å²) in [6, 6.07) is 0.680. The Morgan fingerprint density at radius 2 is 2.31 bits per heavy atom. The summed E-state index contributed by atoms with van der Waals surface area (Å²) >= 11 is 0. The molecule has 1 aliphatic heterocycles. The van der Waals surface area contributed by atoms with Gasteiger partial charge in [-0.2, -0.15) is 5.10 Å². The molecule has 2 heterocycles. The lowest BCUT2D eigenvalue weighted by Crippen LogP contribution is -2.27. The van der Waals surface area contributed by atoms with E-state index in [2.05, 4.69) is 30.0 Å². The number of nitrogens with zero attached hydrogens (tertiary/aromatic N) is 3. The first-order valence-electron chi connectivity index (χ1n) is 4.96. The van der Waals surface area contributed by atoms with Gasteiger partial charge in [0.25, 0.3) is 0 Å².